The molecule has 1 aliphatic heterocycles. The molecule has 6 nitrogen and oxygen atoms in total. The van der Waals surface area contributed by atoms with Gasteiger partial charge in [-0.2, -0.15) is 0 Å². The molecule has 4 rings (SSSR count). The number of nitrogens with zero attached hydrogens (tertiary/aromatic N) is 4. The number of hydrogen-bond donors (Lipinski definition) is 2. The Morgan fingerprint density at radius 2 is 1.88 bits per heavy atom. The monoisotopic (exact) mass is 482 g/mol. The van der Waals surface area contributed by atoms with Gasteiger partial charge in [-0.3, -0.25) is 4.98 Å². The van der Waals surface area contributed by atoms with Gasteiger partial charge in [-0.25, -0.2) is 9.66 Å². The molecular weight excluding hydrogens is 444 g/mol. The third-order valence-electron chi connectivity index (χ3n) is 5.97. The summed E-state index contributed by atoms with van der Waals surface area (Å²) >= 11 is 6.22. The van der Waals surface area contributed by atoms with E-state index in [4.69, 9.17) is 16.6 Å². The Bertz CT molecular complexity index is 1110. The van der Waals surface area contributed by atoms with Crippen LogP contribution < -0.4 is 15.6 Å². The number of allylic oxidation sites excluding steroid dienone is 1. The molecule has 0 saturated heterocycles. The molecule has 1 unspecified atom stereocenters. The summed E-state index contributed by atoms with van der Waals surface area (Å²) in [6, 6.07) is 7.84. The fraction of sp³-hybridized carbons (Fsp3) is 0.407. The van der Waals surface area contributed by atoms with E-state index in [2.05, 4.69) is 53.7 Å². The lowest BCUT2D eigenvalue weighted by Crippen LogP contribution is -2.30. The van der Waals surface area contributed by atoms with Crippen LogP contribution in [0.25, 0.3) is 11.0 Å². The third-order valence-corrected chi connectivity index (χ3v) is 6.21. The predicted octanol–water partition coefficient (Wildman–Crippen LogP) is 6.62. The largest absolute Gasteiger partial charge is 0.336 e. The zero-order valence-electron chi connectivity index (χ0n) is 21.5. The molecule has 1 aliphatic rings. The van der Waals surface area contributed by atoms with Crippen molar-refractivity contribution in [3.8, 4) is 0 Å². The second-order valence-electron chi connectivity index (χ2n) is 7.94. The van der Waals surface area contributed by atoms with E-state index in [0.717, 1.165) is 47.5 Å². The Kier molecular flexibility index (Phi) is 10.1. The van der Waals surface area contributed by atoms with Crippen molar-refractivity contribution in [3.05, 3.63) is 78.1 Å². The second kappa shape index (κ2) is 12.6. The molecule has 0 aliphatic carbocycles. The molecular formula is C27H39ClN6. The summed E-state index contributed by atoms with van der Waals surface area (Å²) < 4.78 is 1.93. The van der Waals surface area contributed by atoms with Crippen LogP contribution in [0.5, 0.6) is 0 Å². The number of halogens is 1. The molecule has 0 spiro atoms. The van der Waals surface area contributed by atoms with E-state index in [1.165, 1.54) is 5.56 Å². The van der Waals surface area contributed by atoms with E-state index < -0.39 is 0 Å². The first-order chi connectivity index (χ1) is 16.5. The highest BCUT2D eigenvalue weighted by Crippen LogP contribution is 2.52. The average molecular weight is 483 g/mol. The summed E-state index contributed by atoms with van der Waals surface area (Å²) in [5.74, 6) is 0.863. The van der Waals surface area contributed by atoms with Crippen LogP contribution in [-0.4, -0.2) is 28.7 Å². The first kappa shape index (κ1) is 27.4. The lowest BCUT2D eigenvalue weighted by molar-refractivity contribution is 0.448. The number of fused-ring (bicyclic) bond motifs is 2. The van der Waals surface area contributed by atoms with Crippen LogP contribution in [0.15, 0.2) is 61.7 Å². The Hall–Kier alpha value is -2.83. The fourth-order valence-corrected chi connectivity index (χ4v) is 4.77. The SMILES string of the molecule is C=CNn1c(CN2C(=C)C(CC)(CCC)c3ccncc32)nc2ccc(Cl)cc21.CC.CNC. The molecule has 0 saturated carbocycles. The molecule has 0 radical (unpaired) electrons. The molecule has 7 heteroatoms. The van der Waals surface area contributed by atoms with Gasteiger partial charge in [0.1, 0.15) is 5.82 Å². The summed E-state index contributed by atoms with van der Waals surface area (Å²) in [6.07, 6.45) is 8.63. The summed E-state index contributed by atoms with van der Waals surface area (Å²) in [5, 5.41) is 3.42. The van der Waals surface area contributed by atoms with Crippen molar-refractivity contribution < 1.29 is 0 Å². The van der Waals surface area contributed by atoms with Crippen molar-refractivity contribution >= 4 is 28.3 Å². The first-order valence-electron chi connectivity index (χ1n) is 12.0. The van der Waals surface area contributed by atoms with Crippen LogP contribution in [0.1, 0.15) is 58.3 Å². The quantitative estimate of drug-likeness (QED) is 0.396. The van der Waals surface area contributed by atoms with Gasteiger partial charge in [-0.1, -0.05) is 58.9 Å². The van der Waals surface area contributed by atoms with Crippen LogP contribution in [0.4, 0.5) is 5.69 Å². The van der Waals surface area contributed by atoms with E-state index in [1.807, 2.05) is 63.2 Å². The van der Waals surface area contributed by atoms with Crippen molar-refractivity contribution in [3.63, 3.8) is 0 Å². The van der Waals surface area contributed by atoms with E-state index in [0.29, 0.717) is 11.6 Å². The highest BCUT2D eigenvalue weighted by Gasteiger charge is 2.44. The van der Waals surface area contributed by atoms with Gasteiger partial charge < -0.3 is 15.6 Å². The lowest BCUT2D eigenvalue weighted by atomic mass is 9.74. The summed E-state index contributed by atoms with van der Waals surface area (Å²) in [6.45, 7) is 17.4. The van der Waals surface area contributed by atoms with Gasteiger partial charge >= 0.3 is 0 Å². The molecule has 0 fully saturated rings. The maximum atomic E-state index is 6.22. The third kappa shape index (κ3) is 5.13. The highest BCUT2D eigenvalue weighted by molar-refractivity contribution is 6.31. The summed E-state index contributed by atoms with van der Waals surface area (Å²) in [4.78, 5) is 11.5. The maximum absolute atomic E-state index is 6.22. The molecule has 0 bridgehead atoms. The van der Waals surface area contributed by atoms with E-state index in [9.17, 15) is 0 Å². The van der Waals surface area contributed by atoms with Gasteiger partial charge in [-0.15, -0.1) is 0 Å². The molecule has 1 aromatic carbocycles. The number of imidazole rings is 1. The lowest BCUT2D eigenvalue weighted by Gasteiger charge is -2.32. The number of hydrogen-bond acceptors (Lipinski definition) is 5. The van der Waals surface area contributed by atoms with Crippen LogP contribution in [0.2, 0.25) is 5.02 Å². The van der Waals surface area contributed by atoms with Crippen molar-refractivity contribution in [2.75, 3.05) is 24.4 Å². The van der Waals surface area contributed by atoms with Gasteiger partial charge in [0.05, 0.1) is 29.5 Å². The van der Waals surface area contributed by atoms with Crippen LogP contribution in [0.3, 0.4) is 0 Å². The first-order valence-corrected chi connectivity index (χ1v) is 12.4. The van der Waals surface area contributed by atoms with E-state index >= 15 is 0 Å². The van der Waals surface area contributed by atoms with Crippen molar-refractivity contribution in [1.82, 2.24) is 20.0 Å². The molecule has 34 heavy (non-hydrogen) atoms. The van der Waals surface area contributed by atoms with Crippen molar-refractivity contribution in [2.45, 2.75) is 58.9 Å². The Morgan fingerprint density at radius 3 is 2.50 bits per heavy atom. The Morgan fingerprint density at radius 1 is 1.18 bits per heavy atom. The standard InChI is InChI=1S/C23H26ClN5.C2H7N.C2H6/c1-5-11-23(6-2)16(4)28(21-14-25-12-10-18(21)23)15-22-27-19-9-8-17(24)13-20(19)29(22)26-7-3;1-3-2;1-2/h7-10,12-14,26H,3-6,11,15H2,1-2H3;3H,1-2H3;1-2H3. The maximum Gasteiger partial charge on any atom is 0.148 e. The molecule has 184 valence electrons. The molecule has 0 amide bonds. The number of aromatic nitrogens is 3. The summed E-state index contributed by atoms with van der Waals surface area (Å²) in [5.41, 5.74) is 8.46. The van der Waals surface area contributed by atoms with E-state index in [-0.39, 0.29) is 5.41 Å². The highest BCUT2D eigenvalue weighted by atomic mass is 35.5. The molecule has 3 heterocycles. The number of anilines is 1. The smallest absolute Gasteiger partial charge is 0.148 e. The van der Waals surface area contributed by atoms with Gasteiger partial charge in [-0.05, 0) is 56.8 Å². The Balaban J connectivity index is 0.000000758. The fourth-order valence-electron chi connectivity index (χ4n) is 4.60. The predicted molar refractivity (Wildman–Crippen MR) is 147 cm³/mol. The molecule has 1 atom stereocenters. The second-order valence-corrected chi connectivity index (χ2v) is 8.38. The number of benzene rings is 1. The van der Waals surface area contributed by atoms with Crippen molar-refractivity contribution in [1.29, 1.82) is 0 Å². The van der Waals surface area contributed by atoms with Crippen LogP contribution in [-0.2, 0) is 12.0 Å². The summed E-state index contributed by atoms with van der Waals surface area (Å²) in [7, 11) is 3.75. The minimum atomic E-state index is -0.0565. The number of rotatable bonds is 7. The zero-order chi connectivity index (χ0) is 25.3. The number of nitrogens with one attached hydrogen (secondary N) is 2. The molecule has 2 N–H and O–H groups in total. The molecule has 2 aromatic heterocycles. The van der Waals surface area contributed by atoms with Crippen LogP contribution >= 0.6 is 11.6 Å². The van der Waals surface area contributed by atoms with Gasteiger partial charge in [0, 0.05) is 28.5 Å². The normalized spacial score (nSPS) is 16.3. The van der Waals surface area contributed by atoms with Gasteiger partial charge in [0.15, 0.2) is 0 Å². The average Bonchev–Trinajstić information content (AvgIpc) is 3.30. The minimum Gasteiger partial charge on any atom is -0.336 e. The number of pyridine rings is 1. The Labute approximate surface area is 209 Å². The minimum absolute atomic E-state index is 0.0565. The van der Waals surface area contributed by atoms with Crippen LogP contribution in [0, 0.1) is 0 Å². The zero-order valence-corrected chi connectivity index (χ0v) is 22.2. The van der Waals surface area contributed by atoms with Crippen molar-refractivity contribution in [2.24, 2.45) is 0 Å². The topological polar surface area (TPSA) is 58.0 Å². The van der Waals surface area contributed by atoms with Gasteiger partial charge in [0.2, 0.25) is 0 Å². The molecule has 3 aromatic rings. The van der Waals surface area contributed by atoms with Gasteiger partial charge in [0.25, 0.3) is 0 Å². The van der Waals surface area contributed by atoms with E-state index in [1.54, 1.807) is 6.20 Å².